The third-order valence-electron chi connectivity index (χ3n) is 4.35. The summed E-state index contributed by atoms with van der Waals surface area (Å²) in [6.07, 6.45) is -0.216. The van der Waals surface area contributed by atoms with Gasteiger partial charge in [-0.3, -0.25) is 0 Å². The van der Waals surface area contributed by atoms with Gasteiger partial charge in [0, 0.05) is 32.1 Å². The summed E-state index contributed by atoms with van der Waals surface area (Å²) >= 11 is 0. The summed E-state index contributed by atoms with van der Waals surface area (Å²) in [6.45, 7) is 5.41. The van der Waals surface area contributed by atoms with Crippen LogP contribution in [0.15, 0.2) is 48.5 Å². The molecule has 0 bridgehead atoms. The van der Waals surface area contributed by atoms with Gasteiger partial charge >= 0.3 is 0 Å². The van der Waals surface area contributed by atoms with E-state index >= 15 is 0 Å². The van der Waals surface area contributed by atoms with Crippen molar-refractivity contribution >= 4 is 12.4 Å². The highest BCUT2D eigenvalue weighted by molar-refractivity contribution is 5.85. The second-order valence-electron chi connectivity index (χ2n) is 6.18. The Morgan fingerprint density at radius 3 is 2.57 bits per heavy atom. The van der Waals surface area contributed by atoms with E-state index in [0.717, 1.165) is 26.2 Å². The molecule has 2 aromatic carbocycles. The van der Waals surface area contributed by atoms with Crippen LogP contribution in [-0.2, 0) is 6.54 Å². The van der Waals surface area contributed by atoms with Crippen LogP contribution in [0.4, 0.5) is 0 Å². The number of hydrogen-bond acceptors (Lipinski definition) is 3. The van der Waals surface area contributed by atoms with Crippen molar-refractivity contribution < 1.29 is 5.11 Å². The van der Waals surface area contributed by atoms with E-state index in [0.29, 0.717) is 5.92 Å². The van der Waals surface area contributed by atoms with Crippen molar-refractivity contribution in [2.45, 2.75) is 19.6 Å². The van der Waals surface area contributed by atoms with E-state index in [9.17, 15) is 5.11 Å². The zero-order valence-electron chi connectivity index (χ0n) is 13.5. The molecule has 0 aliphatic carbocycles. The van der Waals surface area contributed by atoms with Crippen LogP contribution in [0.3, 0.4) is 0 Å². The lowest BCUT2D eigenvalue weighted by Gasteiger charge is -2.14. The fourth-order valence-corrected chi connectivity index (χ4v) is 2.94. The van der Waals surface area contributed by atoms with Gasteiger partial charge < -0.3 is 15.7 Å². The van der Waals surface area contributed by atoms with E-state index in [2.05, 4.69) is 66.1 Å². The van der Waals surface area contributed by atoms with E-state index in [1.165, 1.54) is 22.3 Å². The third-order valence-corrected chi connectivity index (χ3v) is 4.35. The maximum atomic E-state index is 9.80. The van der Waals surface area contributed by atoms with E-state index in [1.807, 2.05) is 0 Å². The topological polar surface area (TPSA) is 44.3 Å². The standard InChI is InChI=1S/C19H24N2O.ClH/c1-14-5-7-16(8-6-14)17-4-2-3-15(9-17)10-20-11-18-12-21-13-19(18)22;/h2-9,18-22H,10-13H2,1H3;1H. The maximum Gasteiger partial charge on any atom is 0.0716 e. The summed E-state index contributed by atoms with van der Waals surface area (Å²) in [6, 6.07) is 17.3. The number of aryl methyl sites for hydroxylation is 1. The minimum absolute atomic E-state index is 0. The Balaban J connectivity index is 0.00000192. The summed E-state index contributed by atoms with van der Waals surface area (Å²) in [7, 11) is 0. The molecule has 1 heterocycles. The Morgan fingerprint density at radius 1 is 1.09 bits per heavy atom. The smallest absolute Gasteiger partial charge is 0.0716 e. The lowest BCUT2D eigenvalue weighted by molar-refractivity contribution is 0.146. The molecular formula is C19H25ClN2O. The van der Waals surface area contributed by atoms with Crippen molar-refractivity contribution in [3.05, 3.63) is 59.7 Å². The molecule has 1 aliphatic heterocycles. The highest BCUT2D eigenvalue weighted by atomic mass is 35.5. The van der Waals surface area contributed by atoms with Gasteiger partial charge in [0.15, 0.2) is 0 Å². The predicted octanol–water partition coefficient (Wildman–Crippen LogP) is 2.75. The SMILES string of the molecule is Cc1ccc(-c2cccc(CNCC3CNCC3O)c2)cc1.Cl. The second kappa shape index (κ2) is 8.46. The zero-order chi connectivity index (χ0) is 15.4. The van der Waals surface area contributed by atoms with Crippen LogP contribution in [0.2, 0.25) is 0 Å². The summed E-state index contributed by atoms with van der Waals surface area (Å²) < 4.78 is 0. The van der Waals surface area contributed by atoms with E-state index in [-0.39, 0.29) is 18.5 Å². The quantitative estimate of drug-likeness (QED) is 0.789. The van der Waals surface area contributed by atoms with Crippen LogP contribution in [0.5, 0.6) is 0 Å². The van der Waals surface area contributed by atoms with Gasteiger partial charge in [-0.05, 0) is 29.7 Å². The molecule has 1 fully saturated rings. The molecule has 0 radical (unpaired) electrons. The molecule has 1 saturated heterocycles. The summed E-state index contributed by atoms with van der Waals surface area (Å²) in [5, 5.41) is 16.5. The lowest BCUT2D eigenvalue weighted by atomic mass is 10.0. The van der Waals surface area contributed by atoms with E-state index < -0.39 is 0 Å². The molecule has 3 N–H and O–H groups in total. The number of aliphatic hydroxyl groups excluding tert-OH is 1. The van der Waals surface area contributed by atoms with Crippen molar-refractivity contribution in [3.8, 4) is 11.1 Å². The zero-order valence-corrected chi connectivity index (χ0v) is 14.3. The number of nitrogens with one attached hydrogen (secondary N) is 2. The molecule has 124 valence electrons. The number of β-amino-alcohol motifs (C(OH)–C–C–N with tert-alkyl or cyclic N) is 1. The van der Waals surface area contributed by atoms with Gasteiger partial charge in [0.25, 0.3) is 0 Å². The molecular weight excluding hydrogens is 308 g/mol. The Morgan fingerprint density at radius 2 is 1.87 bits per heavy atom. The van der Waals surface area contributed by atoms with Gasteiger partial charge in [-0.1, -0.05) is 48.0 Å². The monoisotopic (exact) mass is 332 g/mol. The van der Waals surface area contributed by atoms with Gasteiger partial charge in [0.2, 0.25) is 0 Å². The van der Waals surface area contributed by atoms with Gasteiger partial charge in [0.05, 0.1) is 6.10 Å². The summed E-state index contributed by atoms with van der Waals surface area (Å²) in [4.78, 5) is 0. The van der Waals surface area contributed by atoms with Crippen molar-refractivity contribution in [1.29, 1.82) is 0 Å². The normalized spacial score (nSPS) is 20.3. The summed E-state index contributed by atoms with van der Waals surface area (Å²) in [5.74, 6) is 0.320. The van der Waals surface area contributed by atoms with Gasteiger partial charge in [0.1, 0.15) is 0 Å². The first-order valence-corrected chi connectivity index (χ1v) is 7.98. The molecule has 0 spiro atoms. The predicted molar refractivity (Wildman–Crippen MR) is 97.9 cm³/mol. The first kappa shape index (κ1) is 18.0. The molecule has 23 heavy (non-hydrogen) atoms. The highest BCUT2D eigenvalue weighted by Gasteiger charge is 2.23. The average molecular weight is 333 g/mol. The molecule has 3 nitrogen and oxygen atoms in total. The van der Waals surface area contributed by atoms with Crippen molar-refractivity contribution in [1.82, 2.24) is 10.6 Å². The Kier molecular flexibility index (Phi) is 6.60. The number of halogens is 1. The largest absolute Gasteiger partial charge is 0.391 e. The first-order chi connectivity index (χ1) is 10.7. The fourth-order valence-electron chi connectivity index (χ4n) is 2.94. The molecule has 1 aliphatic rings. The molecule has 0 aromatic heterocycles. The second-order valence-corrected chi connectivity index (χ2v) is 6.18. The summed E-state index contributed by atoms with van der Waals surface area (Å²) in [5.41, 5.74) is 5.06. The Bertz CT molecular complexity index is 615. The van der Waals surface area contributed by atoms with Gasteiger partial charge in [-0.2, -0.15) is 0 Å². The maximum absolute atomic E-state index is 9.80. The van der Waals surface area contributed by atoms with Crippen molar-refractivity contribution in [2.75, 3.05) is 19.6 Å². The molecule has 0 saturated carbocycles. The molecule has 3 rings (SSSR count). The van der Waals surface area contributed by atoms with Crippen LogP contribution < -0.4 is 10.6 Å². The molecule has 4 heteroatoms. The molecule has 0 amide bonds. The van der Waals surface area contributed by atoms with Gasteiger partial charge in [-0.15, -0.1) is 12.4 Å². The number of hydrogen-bond donors (Lipinski definition) is 3. The van der Waals surface area contributed by atoms with Gasteiger partial charge in [-0.25, -0.2) is 0 Å². The minimum Gasteiger partial charge on any atom is -0.391 e. The highest BCUT2D eigenvalue weighted by Crippen LogP contribution is 2.21. The molecule has 2 aromatic rings. The Hall–Kier alpha value is -1.39. The number of aliphatic hydroxyl groups is 1. The van der Waals surface area contributed by atoms with E-state index in [1.54, 1.807) is 0 Å². The number of benzene rings is 2. The van der Waals surface area contributed by atoms with Crippen LogP contribution in [0.25, 0.3) is 11.1 Å². The first-order valence-electron chi connectivity index (χ1n) is 7.98. The lowest BCUT2D eigenvalue weighted by Crippen LogP contribution is -2.30. The molecule has 2 atom stereocenters. The fraction of sp³-hybridized carbons (Fsp3) is 0.368. The van der Waals surface area contributed by atoms with Crippen LogP contribution in [0, 0.1) is 12.8 Å². The Labute approximate surface area is 144 Å². The van der Waals surface area contributed by atoms with Crippen LogP contribution in [-0.4, -0.2) is 30.8 Å². The van der Waals surface area contributed by atoms with E-state index in [4.69, 9.17) is 0 Å². The third kappa shape index (κ3) is 4.79. The van der Waals surface area contributed by atoms with Crippen LogP contribution >= 0.6 is 12.4 Å². The molecule has 2 unspecified atom stereocenters. The van der Waals surface area contributed by atoms with Crippen LogP contribution in [0.1, 0.15) is 11.1 Å². The number of rotatable bonds is 5. The minimum atomic E-state index is -0.216. The van der Waals surface area contributed by atoms with Crippen molar-refractivity contribution in [2.24, 2.45) is 5.92 Å². The van der Waals surface area contributed by atoms with Crippen molar-refractivity contribution in [3.63, 3.8) is 0 Å². The average Bonchev–Trinajstić information content (AvgIpc) is 2.94.